The van der Waals surface area contributed by atoms with E-state index < -0.39 is 0 Å². The van der Waals surface area contributed by atoms with Gasteiger partial charge in [-0.2, -0.15) is 0 Å². The van der Waals surface area contributed by atoms with Crippen LogP contribution in [0.4, 0.5) is 5.69 Å². The van der Waals surface area contributed by atoms with E-state index in [1.165, 1.54) is 22.4 Å². The number of benzene rings is 1. The van der Waals surface area contributed by atoms with Gasteiger partial charge in [-0.15, -0.1) is 6.58 Å². The minimum Gasteiger partial charge on any atom is -0.381 e. The number of anilines is 1. The van der Waals surface area contributed by atoms with E-state index in [1.807, 2.05) is 27.7 Å². The monoisotopic (exact) mass is 449 g/mol. The van der Waals surface area contributed by atoms with Crippen LogP contribution in [0, 0.1) is 5.41 Å². The Labute approximate surface area is 204 Å². The molecule has 182 valence electrons. The van der Waals surface area contributed by atoms with E-state index in [0.29, 0.717) is 0 Å². The first-order valence-corrected chi connectivity index (χ1v) is 11.5. The van der Waals surface area contributed by atoms with Gasteiger partial charge in [-0.05, 0) is 82.1 Å². The maximum absolute atomic E-state index is 4.19. The Morgan fingerprint density at radius 3 is 2.06 bits per heavy atom. The highest BCUT2D eigenvalue weighted by Gasteiger charge is 2.20. The van der Waals surface area contributed by atoms with Crippen LogP contribution in [-0.2, 0) is 13.0 Å². The zero-order valence-corrected chi connectivity index (χ0v) is 22.5. The molecule has 0 amide bonds. The first kappa shape index (κ1) is 30.2. The summed E-state index contributed by atoms with van der Waals surface area (Å²) in [5, 5.41) is 6.79. The lowest BCUT2D eigenvalue weighted by molar-refractivity contribution is 0.444. The zero-order valence-electron chi connectivity index (χ0n) is 22.5. The summed E-state index contributed by atoms with van der Waals surface area (Å²) in [5.74, 6) is 0. The Kier molecular flexibility index (Phi) is 13.1. The summed E-state index contributed by atoms with van der Waals surface area (Å²) < 4.78 is 0. The number of nitrogens with one attached hydrogen (secondary N) is 2. The zero-order chi connectivity index (χ0) is 25.8. The molecule has 0 fully saturated rings. The van der Waals surface area contributed by atoms with Crippen LogP contribution in [0.25, 0.3) is 0 Å². The smallest absolute Gasteiger partial charge is 0.0417 e. The van der Waals surface area contributed by atoms with E-state index in [1.54, 1.807) is 7.05 Å². The first-order valence-electron chi connectivity index (χ1n) is 11.5. The van der Waals surface area contributed by atoms with Crippen molar-refractivity contribution in [3.63, 3.8) is 0 Å². The van der Waals surface area contributed by atoms with Gasteiger partial charge in [0.2, 0.25) is 0 Å². The fourth-order valence-corrected chi connectivity index (χ4v) is 2.73. The SMILES string of the molecule is C=C(C)C.C=C1CCc2ccc(CNC(=C)C(=C)CC(C)(C)C(=C)C)cc2N1.CN=C(C)C. The lowest BCUT2D eigenvalue weighted by Crippen LogP contribution is -2.19. The Balaban J connectivity index is 0.000000968. The van der Waals surface area contributed by atoms with Gasteiger partial charge in [-0.1, -0.05) is 63.4 Å². The molecule has 1 aromatic carbocycles. The molecule has 0 radical (unpaired) electrons. The summed E-state index contributed by atoms with van der Waals surface area (Å²) in [7, 11) is 1.79. The van der Waals surface area contributed by atoms with Crippen molar-refractivity contribution in [2.75, 3.05) is 12.4 Å². The number of aliphatic imine (C=N–C) groups is 1. The van der Waals surface area contributed by atoms with Gasteiger partial charge in [0, 0.05) is 36.4 Å². The third kappa shape index (κ3) is 12.7. The van der Waals surface area contributed by atoms with Crippen molar-refractivity contribution >= 4 is 11.4 Å². The van der Waals surface area contributed by atoms with Crippen molar-refractivity contribution < 1.29 is 0 Å². The maximum atomic E-state index is 4.19. The van der Waals surface area contributed by atoms with Crippen LogP contribution >= 0.6 is 0 Å². The first-order chi connectivity index (χ1) is 15.2. The summed E-state index contributed by atoms with van der Waals surface area (Å²) in [4.78, 5) is 3.81. The third-order valence-corrected chi connectivity index (χ3v) is 5.37. The minimum absolute atomic E-state index is 0.0395. The summed E-state index contributed by atoms with van der Waals surface area (Å²) in [5.41, 5.74) is 10.3. The molecular formula is C30H47N3. The summed E-state index contributed by atoms with van der Waals surface area (Å²) >= 11 is 0. The molecule has 2 rings (SSSR count). The summed E-state index contributed by atoms with van der Waals surface area (Å²) in [6, 6.07) is 6.57. The number of fused-ring (bicyclic) bond motifs is 1. The Bertz CT molecular complexity index is 889. The van der Waals surface area contributed by atoms with Crippen molar-refractivity contribution in [2.24, 2.45) is 10.4 Å². The molecule has 0 aliphatic carbocycles. The highest BCUT2D eigenvalue weighted by atomic mass is 14.9. The van der Waals surface area contributed by atoms with Crippen molar-refractivity contribution in [2.45, 2.75) is 74.3 Å². The van der Waals surface area contributed by atoms with E-state index in [9.17, 15) is 0 Å². The number of rotatable bonds is 7. The molecule has 33 heavy (non-hydrogen) atoms. The molecule has 2 N–H and O–H groups in total. The molecule has 0 unspecified atom stereocenters. The molecule has 0 atom stereocenters. The summed E-state index contributed by atoms with van der Waals surface area (Å²) in [6.07, 6.45) is 2.94. The van der Waals surface area contributed by atoms with Gasteiger partial charge in [-0.25, -0.2) is 0 Å². The van der Waals surface area contributed by atoms with Gasteiger partial charge in [0.25, 0.3) is 0 Å². The second-order valence-electron chi connectivity index (χ2n) is 9.87. The van der Waals surface area contributed by atoms with Gasteiger partial charge in [0.1, 0.15) is 0 Å². The van der Waals surface area contributed by atoms with Gasteiger partial charge in [-0.3, -0.25) is 4.99 Å². The summed E-state index contributed by atoms with van der Waals surface area (Å²) in [6.45, 7) is 35.1. The quantitative estimate of drug-likeness (QED) is 0.249. The van der Waals surface area contributed by atoms with Crippen molar-refractivity contribution in [1.29, 1.82) is 0 Å². The average Bonchev–Trinajstić information content (AvgIpc) is 2.71. The highest BCUT2D eigenvalue weighted by Crippen LogP contribution is 2.33. The Morgan fingerprint density at radius 1 is 1.03 bits per heavy atom. The normalized spacial score (nSPS) is 11.8. The lowest BCUT2D eigenvalue weighted by atomic mass is 9.80. The van der Waals surface area contributed by atoms with Crippen LogP contribution in [0.3, 0.4) is 0 Å². The lowest BCUT2D eigenvalue weighted by Gasteiger charge is -2.27. The van der Waals surface area contributed by atoms with Crippen LogP contribution < -0.4 is 10.6 Å². The van der Waals surface area contributed by atoms with E-state index in [0.717, 1.165) is 54.1 Å². The number of hydrogen-bond acceptors (Lipinski definition) is 3. The average molecular weight is 450 g/mol. The molecule has 0 saturated carbocycles. The molecule has 3 heteroatoms. The molecule has 0 bridgehead atoms. The number of aryl methyl sites for hydroxylation is 1. The predicted molar refractivity (Wildman–Crippen MR) is 151 cm³/mol. The molecule has 0 aromatic heterocycles. The molecule has 0 saturated heterocycles. The molecule has 0 spiro atoms. The largest absolute Gasteiger partial charge is 0.381 e. The second kappa shape index (κ2) is 14.4. The van der Waals surface area contributed by atoms with Gasteiger partial charge in [0.05, 0.1) is 0 Å². The minimum atomic E-state index is 0.0395. The molecular weight excluding hydrogens is 402 g/mol. The predicted octanol–water partition coefficient (Wildman–Crippen LogP) is 8.39. The molecule has 1 aliphatic rings. The molecule has 1 heterocycles. The maximum Gasteiger partial charge on any atom is 0.0417 e. The van der Waals surface area contributed by atoms with Gasteiger partial charge in [0.15, 0.2) is 0 Å². The highest BCUT2D eigenvalue weighted by molar-refractivity contribution is 5.78. The fraction of sp³-hybridized carbons (Fsp3) is 0.433. The van der Waals surface area contributed by atoms with Crippen LogP contribution in [0.1, 0.15) is 72.4 Å². The third-order valence-electron chi connectivity index (χ3n) is 5.37. The van der Waals surface area contributed by atoms with Gasteiger partial charge < -0.3 is 10.6 Å². The molecule has 1 aromatic rings. The Morgan fingerprint density at radius 2 is 1.58 bits per heavy atom. The second-order valence-corrected chi connectivity index (χ2v) is 9.87. The van der Waals surface area contributed by atoms with Crippen LogP contribution in [0.15, 0.2) is 84.2 Å². The van der Waals surface area contributed by atoms with E-state index >= 15 is 0 Å². The fourth-order valence-electron chi connectivity index (χ4n) is 2.73. The van der Waals surface area contributed by atoms with Crippen LogP contribution in [0.5, 0.6) is 0 Å². The molecule has 1 aliphatic heterocycles. The number of hydrogen-bond donors (Lipinski definition) is 2. The van der Waals surface area contributed by atoms with Crippen molar-refractivity contribution in [3.8, 4) is 0 Å². The topological polar surface area (TPSA) is 36.4 Å². The van der Waals surface area contributed by atoms with Crippen LogP contribution in [-0.4, -0.2) is 12.8 Å². The van der Waals surface area contributed by atoms with E-state index in [2.05, 4.69) is 87.5 Å². The van der Waals surface area contributed by atoms with Gasteiger partial charge >= 0.3 is 0 Å². The Hall–Kier alpha value is -2.81. The van der Waals surface area contributed by atoms with E-state index in [-0.39, 0.29) is 5.41 Å². The van der Waals surface area contributed by atoms with Crippen molar-refractivity contribution in [1.82, 2.24) is 5.32 Å². The number of allylic oxidation sites excluding steroid dienone is 4. The van der Waals surface area contributed by atoms with Crippen molar-refractivity contribution in [3.05, 3.63) is 90.3 Å². The van der Waals surface area contributed by atoms with Crippen LogP contribution in [0.2, 0.25) is 0 Å². The standard InChI is InChI=1S/C22H30N2.C4H9N.C4H8/c1-15(2)22(6,7)13-16(3)18(5)23-14-19-9-11-20-10-8-17(4)24-21(20)12-19;1-4(2)5-3;1-4(2)3/h9,11-12,23-24H,1,3-5,8,10,13-14H2,2,6-7H3;1-3H3;1H2,2-3H3. The molecule has 3 nitrogen and oxygen atoms in total. The van der Waals surface area contributed by atoms with E-state index in [4.69, 9.17) is 0 Å². The number of nitrogens with zero attached hydrogens (tertiary/aromatic N) is 1.